The summed E-state index contributed by atoms with van der Waals surface area (Å²) < 4.78 is 1.96. The molecule has 0 atom stereocenters. The highest BCUT2D eigenvalue weighted by atomic mass is 16.2. The second-order valence-electron chi connectivity index (χ2n) is 6.88. The number of carbonyl (C=O) groups is 2. The average Bonchev–Trinajstić information content (AvgIpc) is 2.87. The number of nitrogens with zero attached hydrogens (tertiary/aromatic N) is 3. The maximum absolute atomic E-state index is 13.1. The van der Waals surface area contributed by atoms with Crippen molar-refractivity contribution in [3.8, 4) is 0 Å². The topological polar surface area (TPSA) is 55.2 Å². The Bertz CT molecular complexity index is 962. The number of rotatable bonds is 4. The van der Waals surface area contributed by atoms with Gasteiger partial charge in [-0.2, -0.15) is 0 Å². The molecule has 3 rings (SSSR count). The first-order valence-corrected chi connectivity index (χ1v) is 8.52. The lowest BCUT2D eigenvalue weighted by molar-refractivity contribution is 0.0635. The summed E-state index contributed by atoms with van der Waals surface area (Å²) in [5, 5.41) is 1.91. The van der Waals surface area contributed by atoms with Gasteiger partial charge in [0.1, 0.15) is 5.69 Å². The lowest BCUT2D eigenvalue weighted by atomic mass is 10.1. The van der Waals surface area contributed by atoms with Crippen molar-refractivity contribution in [1.29, 1.82) is 0 Å². The summed E-state index contributed by atoms with van der Waals surface area (Å²) in [6, 6.07) is 7.97. The third kappa shape index (κ3) is 2.60. The Morgan fingerprint density at radius 2 is 1.76 bits per heavy atom. The van der Waals surface area contributed by atoms with Gasteiger partial charge in [-0.15, -0.1) is 0 Å². The van der Waals surface area contributed by atoms with Gasteiger partial charge >= 0.3 is 0 Å². The minimum absolute atomic E-state index is 0.0250. The van der Waals surface area contributed by atoms with E-state index in [1.165, 1.54) is 0 Å². The van der Waals surface area contributed by atoms with E-state index in [2.05, 4.69) is 4.98 Å². The fourth-order valence-electron chi connectivity index (χ4n) is 3.66. The van der Waals surface area contributed by atoms with Crippen molar-refractivity contribution in [2.24, 2.45) is 7.05 Å². The highest BCUT2D eigenvalue weighted by Crippen LogP contribution is 2.30. The molecule has 1 aromatic carbocycles. The van der Waals surface area contributed by atoms with Gasteiger partial charge in [-0.1, -0.05) is 18.2 Å². The summed E-state index contributed by atoms with van der Waals surface area (Å²) in [7, 11) is 1.91. The summed E-state index contributed by atoms with van der Waals surface area (Å²) in [4.78, 5) is 31.1. The molecule has 5 nitrogen and oxygen atoms in total. The SMILES string of the molecule is CC(C)N(C(=O)c1ncc2c3ccccc3n(C)c2c1C=O)C(C)C. The van der Waals surface area contributed by atoms with Gasteiger partial charge in [-0.05, 0) is 33.8 Å². The van der Waals surface area contributed by atoms with Crippen LogP contribution in [0, 0.1) is 0 Å². The van der Waals surface area contributed by atoms with Gasteiger partial charge in [0, 0.05) is 41.6 Å². The molecule has 0 N–H and O–H groups in total. The van der Waals surface area contributed by atoms with Crippen LogP contribution in [-0.4, -0.2) is 38.7 Å². The van der Waals surface area contributed by atoms with Crippen LogP contribution in [0.15, 0.2) is 30.5 Å². The van der Waals surface area contributed by atoms with E-state index >= 15 is 0 Å². The van der Waals surface area contributed by atoms with Crippen molar-refractivity contribution in [1.82, 2.24) is 14.5 Å². The highest BCUT2D eigenvalue weighted by Gasteiger charge is 2.27. The van der Waals surface area contributed by atoms with Crippen LogP contribution < -0.4 is 0 Å². The number of para-hydroxylation sites is 1. The van der Waals surface area contributed by atoms with E-state index in [1.54, 1.807) is 11.1 Å². The second-order valence-corrected chi connectivity index (χ2v) is 6.88. The molecule has 2 aromatic heterocycles. The minimum Gasteiger partial charge on any atom is -0.343 e. The summed E-state index contributed by atoms with van der Waals surface area (Å²) >= 11 is 0. The lowest BCUT2D eigenvalue weighted by Gasteiger charge is -2.30. The summed E-state index contributed by atoms with van der Waals surface area (Å²) in [5.74, 6) is -0.209. The summed E-state index contributed by atoms with van der Waals surface area (Å²) in [6.45, 7) is 7.86. The predicted molar refractivity (Wildman–Crippen MR) is 100 cm³/mol. The number of aryl methyl sites for hydroxylation is 1. The first-order chi connectivity index (χ1) is 11.9. The van der Waals surface area contributed by atoms with Gasteiger partial charge in [0.15, 0.2) is 6.29 Å². The number of benzene rings is 1. The van der Waals surface area contributed by atoms with Crippen LogP contribution in [0.2, 0.25) is 0 Å². The van der Waals surface area contributed by atoms with Crippen LogP contribution in [-0.2, 0) is 7.05 Å². The molecule has 0 spiro atoms. The fourth-order valence-corrected chi connectivity index (χ4v) is 3.66. The molecule has 0 radical (unpaired) electrons. The number of pyridine rings is 1. The van der Waals surface area contributed by atoms with E-state index in [-0.39, 0.29) is 23.7 Å². The van der Waals surface area contributed by atoms with E-state index in [0.717, 1.165) is 28.1 Å². The van der Waals surface area contributed by atoms with E-state index in [9.17, 15) is 9.59 Å². The molecule has 0 bridgehead atoms. The molecule has 130 valence electrons. The number of aldehydes is 1. The molecule has 3 aromatic rings. The van der Waals surface area contributed by atoms with E-state index in [4.69, 9.17) is 0 Å². The fraction of sp³-hybridized carbons (Fsp3) is 0.350. The molecular weight excluding hydrogens is 314 g/mol. The highest BCUT2D eigenvalue weighted by molar-refractivity contribution is 6.15. The molecule has 1 amide bonds. The largest absolute Gasteiger partial charge is 0.343 e. The predicted octanol–water partition coefficient (Wildman–Crippen LogP) is 3.80. The summed E-state index contributed by atoms with van der Waals surface area (Å²) in [6.07, 6.45) is 2.46. The Kier molecular flexibility index (Phi) is 4.33. The molecular formula is C20H23N3O2. The van der Waals surface area contributed by atoms with Crippen molar-refractivity contribution in [3.63, 3.8) is 0 Å². The Morgan fingerprint density at radius 3 is 2.36 bits per heavy atom. The van der Waals surface area contributed by atoms with Gasteiger partial charge in [0.25, 0.3) is 5.91 Å². The summed E-state index contributed by atoms with van der Waals surface area (Å²) in [5.41, 5.74) is 2.34. The van der Waals surface area contributed by atoms with Crippen LogP contribution in [0.1, 0.15) is 48.5 Å². The number of aromatic nitrogens is 2. The monoisotopic (exact) mass is 337 g/mol. The van der Waals surface area contributed by atoms with Crippen molar-refractivity contribution >= 4 is 34.0 Å². The molecule has 0 unspecified atom stereocenters. The number of carbonyl (C=O) groups excluding carboxylic acids is 2. The molecule has 0 aliphatic rings. The molecule has 0 aliphatic carbocycles. The standard InChI is InChI=1S/C20H23N3O2/c1-12(2)23(13(3)4)20(25)18-16(11-24)19-15(10-21-18)14-8-6-7-9-17(14)22(19)5/h6-13H,1-5H3. The van der Waals surface area contributed by atoms with Crippen LogP contribution in [0.5, 0.6) is 0 Å². The zero-order valence-electron chi connectivity index (χ0n) is 15.3. The van der Waals surface area contributed by atoms with Gasteiger partial charge < -0.3 is 9.47 Å². The van der Waals surface area contributed by atoms with E-state index < -0.39 is 0 Å². The smallest absolute Gasteiger partial charge is 0.273 e. The van der Waals surface area contributed by atoms with Gasteiger partial charge in [-0.3, -0.25) is 9.59 Å². The quantitative estimate of drug-likeness (QED) is 0.681. The Hall–Kier alpha value is -2.69. The molecule has 2 heterocycles. The molecule has 0 saturated carbocycles. The normalized spacial score (nSPS) is 11.6. The maximum atomic E-state index is 13.1. The third-order valence-corrected chi connectivity index (χ3v) is 4.65. The van der Waals surface area contributed by atoms with Crippen LogP contribution in [0.25, 0.3) is 21.8 Å². The van der Waals surface area contributed by atoms with E-state index in [0.29, 0.717) is 5.56 Å². The first-order valence-electron chi connectivity index (χ1n) is 8.52. The van der Waals surface area contributed by atoms with Crippen LogP contribution in [0.4, 0.5) is 0 Å². The minimum atomic E-state index is -0.209. The Labute approximate surface area is 147 Å². The van der Waals surface area contributed by atoms with Crippen LogP contribution in [0.3, 0.4) is 0 Å². The third-order valence-electron chi connectivity index (χ3n) is 4.65. The molecule has 5 heteroatoms. The molecule has 0 fully saturated rings. The van der Waals surface area contributed by atoms with Crippen molar-refractivity contribution in [2.45, 2.75) is 39.8 Å². The second kappa shape index (κ2) is 6.31. The first kappa shape index (κ1) is 17.1. The van der Waals surface area contributed by atoms with Crippen molar-refractivity contribution < 1.29 is 9.59 Å². The number of fused-ring (bicyclic) bond motifs is 3. The van der Waals surface area contributed by atoms with Crippen molar-refractivity contribution in [2.75, 3.05) is 0 Å². The van der Waals surface area contributed by atoms with Crippen molar-refractivity contribution in [3.05, 3.63) is 41.7 Å². The van der Waals surface area contributed by atoms with Crippen LogP contribution >= 0.6 is 0 Å². The number of hydrogen-bond acceptors (Lipinski definition) is 3. The van der Waals surface area contributed by atoms with E-state index in [1.807, 2.05) is 63.6 Å². The van der Waals surface area contributed by atoms with Gasteiger partial charge in [0.2, 0.25) is 0 Å². The lowest BCUT2D eigenvalue weighted by Crippen LogP contribution is -2.42. The Balaban J connectivity index is 2.31. The Morgan fingerprint density at radius 1 is 1.12 bits per heavy atom. The molecule has 25 heavy (non-hydrogen) atoms. The average molecular weight is 337 g/mol. The van der Waals surface area contributed by atoms with Gasteiger partial charge in [-0.25, -0.2) is 4.98 Å². The van der Waals surface area contributed by atoms with Gasteiger partial charge in [0.05, 0.1) is 11.1 Å². The zero-order chi connectivity index (χ0) is 18.3. The number of amides is 1. The maximum Gasteiger partial charge on any atom is 0.273 e. The zero-order valence-corrected chi connectivity index (χ0v) is 15.3. The molecule has 0 saturated heterocycles. The molecule has 0 aliphatic heterocycles. The number of hydrogen-bond donors (Lipinski definition) is 0.